The maximum absolute atomic E-state index is 10.9. The van der Waals surface area contributed by atoms with Crippen molar-refractivity contribution in [2.24, 2.45) is 0 Å². The second kappa shape index (κ2) is 3.51. The van der Waals surface area contributed by atoms with Gasteiger partial charge in [-0.3, -0.25) is 10.1 Å². The number of carboxylic acids is 1. The highest BCUT2D eigenvalue weighted by molar-refractivity contribution is 5.77. The van der Waals surface area contributed by atoms with Crippen molar-refractivity contribution in [1.29, 1.82) is 0 Å². The third-order valence-electron chi connectivity index (χ3n) is 3.00. The summed E-state index contributed by atoms with van der Waals surface area (Å²) >= 11 is 0. The summed E-state index contributed by atoms with van der Waals surface area (Å²) in [5.41, 5.74) is -1.74. The number of carbonyl (C=O) groups is 1. The van der Waals surface area contributed by atoms with Crippen LogP contribution in [0.5, 0.6) is 0 Å². The van der Waals surface area contributed by atoms with E-state index in [2.05, 4.69) is 5.32 Å². The summed E-state index contributed by atoms with van der Waals surface area (Å²) in [5, 5.41) is 21.9. The molecule has 0 saturated heterocycles. The Morgan fingerprint density at radius 1 is 1.57 bits per heavy atom. The van der Waals surface area contributed by atoms with Gasteiger partial charge in [0.15, 0.2) is 0 Å². The molecule has 0 amide bonds. The van der Waals surface area contributed by atoms with Crippen molar-refractivity contribution in [1.82, 2.24) is 5.32 Å². The fraction of sp³-hybridized carbons (Fsp3) is 0.900. The molecule has 0 radical (unpaired) electrons. The molecule has 0 heterocycles. The van der Waals surface area contributed by atoms with Gasteiger partial charge in [0.05, 0.1) is 5.60 Å². The molecule has 3 N–H and O–H groups in total. The van der Waals surface area contributed by atoms with Gasteiger partial charge in [0.25, 0.3) is 0 Å². The van der Waals surface area contributed by atoms with E-state index in [1.54, 1.807) is 20.8 Å². The summed E-state index contributed by atoms with van der Waals surface area (Å²) in [7, 11) is 0. The first kappa shape index (κ1) is 11.5. The van der Waals surface area contributed by atoms with Crippen molar-refractivity contribution < 1.29 is 15.0 Å². The first-order valence-corrected chi connectivity index (χ1v) is 4.99. The molecule has 1 rings (SSSR count). The number of aliphatic carboxylic acids is 1. The van der Waals surface area contributed by atoms with Crippen LogP contribution in [0.25, 0.3) is 0 Å². The number of aliphatic hydroxyl groups is 1. The van der Waals surface area contributed by atoms with Gasteiger partial charge in [0.1, 0.15) is 5.54 Å². The molecule has 0 aliphatic heterocycles. The monoisotopic (exact) mass is 201 g/mol. The van der Waals surface area contributed by atoms with Gasteiger partial charge in [-0.15, -0.1) is 0 Å². The normalized spacial score (nSPS) is 33.3. The first-order chi connectivity index (χ1) is 6.26. The summed E-state index contributed by atoms with van der Waals surface area (Å²) in [6, 6.07) is -0.117. The van der Waals surface area contributed by atoms with E-state index in [4.69, 9.17) is 5.11 Å². The van der Waals surface area contributed by atoms with Crippen LogP contribution in [0.4, 0.5) is 0 Å². The van der Waals surface area contributed by atoms with Crippen molar-refractivity contribution in [2.45, 2.75) is 57.2 Å². The number of nitrogens with one attached hydrogen (secondary N) is 1. The zero-order valence-electron chi connectivity index (χ0n) is 9.00. The Kier molecular flexibility index (Phi) is 2.88. The van der Waals surface area contributed by atoms with Gasteiger partial charge in [-0.25, -0.2) is 0 Å². The summed E-state index contributed by atoms with van der Waals surface area (Å²) < 4.78 is 0. The van der Waals surface area contributed by atoms with Crippen LogP contribution in [0.2, 0.25) is 0 Å². The van der Waals surface area contributed by atoms with E-state index < -0.39 is 17.1 Å². The second-order valence-electron chi connectivity index (χ2n) is 4.88. The fourth-order valence-corrected chi connectivity index (χ4v) is 1.87. The maximum atomic E-state index is 10.9. The molecule has 1 aliphatic rings. The summed E-state index contributed by atoms with van der Waals surface area (Å²) in [4.78, 5) is 10.9. The standard InChI is InChI=1S/C10H19NO3/c1-9(2,8(12)13)11-7-5-4-6-10(7,3)14/h7,11,14H,4-6H2,1-3H3,(H,12,13). The molecule has 1 fully saturated rings. The van der Waals surface area contributed by atoms with Crippen LogP contribution >= 0.6 is 0 Å². The maximum Gasteiger partial charge on any atom is 0.323 e. The molecule has 0 spiro atoms. The second-order valence-corrected chi connectivity index (χ2v) is 4.88. The van der Waals surface area contributed by atoms with Crippen molar-refractivity contribution >= 4 is 5.97 Å². The minimum Gasteiger partial charge on any atom is -0.480 e. The number of hydrogen-bond donors (Lipinski definition) is 3. The van der Waals surface area contributed by atoms with Gasteiger partial charge in [0.2, 0.25) is 0 Å². The SMILES string of the molecule is CC(C)(NC1CCCC1(C)O)C(=O)O. The lowest BCUT2D eigenvalue weighted by Gasteiger charge is -2.33. The van der Waals surface area contributed by atoms with Crippen LogP contribution in [0.1, 0.15) is 40.0 Å². The Balaban J connectivity index is 2.65. The summed E-state index contributed by atoms with van der Waals surface area (Å²) in [6.45, 7) is 4.99. The summed E-state index contributed by atoms with van der Waals surface area (Å²) in [6.07, 6.45) is 2.52. The lowest BCUT2D eigenvalue weighted by molar-refractivity contribution is -0.144. The molecule has 82 valence electrons. The van der Waals surface area contributed by atoms with Crippen LogP contribution in [0.3, 0.4) is 0 Å². The van der Waals surface area contributed by atoms with Crippen molar-refractivity contribution in [3.8, 4) is 0 Å². The van der Waals surface area contributed by atoms with Gasteiger partial charge in [-0.2, -0.15) is 0 Å². The lowest BCUT2D eigenvalue weighted by Crippen LogP contribution is -2.57. The molecule has 1 aliphatic carbocycles. The molecule has 14 heavy (non-hydrogen) atoms. The molecule has 4 nitrogen and oxygen atoms in total. The molecule has 0 aromatic heterocycles. The van der Waals surface area contributed by atoms with Crippen LogP contribution in [-0.4, -0.2) is 33.4 Å². The fourth-order valence-electron chi connectivity index (χ4n) is 1.87. The van der Waals surface area contributed by atoms with Gasteiger partial charge >= 0.3 is 5.97 Å². The third kappa shape index (κ3) is 2.25. The highest BCUT2D eigenvalue weighted by atomic mass is 16.4. The number of carboxylic acid groups (broad SMARTS) is 1. The van der Waals surface area contributed by atoms with E-state index in [9.17, 15) is 9.90 Å². The van der Waals surface area contributed by atoms with E-state index >= 15 is 0 Å². The molecule has 0 bridgehead atoms. The van der Waals surface area contributed by atoms with E-state index in [1.165, 1.54) is 0 Å². The van der Waals surface area contributed by atoms with Crippen molar-refractivity contribution in [2.75, 3.05) is 0 Å². The zero-order valence-corrected chi connectivity index (χ0v) is 9.00. The molecule has 0 aromatic rings. The number of hydrogen-bond acceptors (Lipinski definition) is 3. The molecule has 0 aromatic carbocycles. The quantitative estimate of drug-likeness (QED) is 0.630. The van der Waals surface area contributed by atoms with E-state index in [1.807, 2.05) is 0 Å². The Morgan fingerprint density at radius 3 is 2.50 bits per heavy atom. The number of rotatable bonds is 3. The minimum atomic E-state index is -0.973. The van der Waals surface area contributed by atoms with Crippen LogP contribution in [0.15, 0.2) is 0 Å². The van der Waals surface area contributed by atoms with E-state index in [-0.39, 0.29) is 6.04 Å². The average molecular weight is 201 g/mol. The smallest absolute Gasteiger partial charge is 0.323 e. The van der Waals surface area contributed by atoms with Crippen molar-refractivity contribution in [3.05, 3.63) is 0 Å². The van der Waals surface area contributed by atoms with Gasteiger partial charge in [-0.05, 0) is 40.0 Å². The molecular weight excluding hydrogens is 182 g/mol. The molecule has 2 atom stereocenters. The van der Waals surface area contributed by atoms with Gasteiger partial charge in [0, 0.05) is 6.04 Å². The first-order valence-electron chi connectivity index (χ1n) is 4.99. The molecule has 1 saturated carbocycles. The predicted octanol–water partition coefficient (Wildman–Crippen LogP) is 0.743. The topological polar surface area (TPSA) is 69.6 Å². The van der Waals surface area contributed by atoms with Crippen LogP contribution < -0.4 is 5.32 Å². The highest BCUT2D eigenvalue weighted by Crippen LogP contribution is 2.30. The lowest BCUT2D eigenvalue weighted by atomic mass is 9.96. The van der Waals surface area contributed by atoms with Crippen molar-refractivity contribution in [3.63, 3.8) is 0 Å². The van der Waals surface area contributed by atoms with Gasteiger partial charge < -0.3 is 10.2 Å². The van der Waals surface area contributed by atoms with E-state index in [0.29, 0.717) is 0 Å². The third-order valence-corrected chi connectivity index (χ3v) is 3.00. The van der Waals surface area contributed by atoms with Gasteiger partial charge in [-0.1, -0.05) is 0 Å². The van der Waals surface area contributed by atoms with E-state index in [0.717, 1.165) is 19.3 Å². The predicted molar refractivity (Wildman–Crippen MR) is 53.1 cm³/mol. The zero-order chi connectivity index (χ0) is 11.0. The highest BCUT2D eigenvalue weighted by Gasteiger charge is 2.41. The Morgan fingerprint density at radius 2 is 2.14 bits per heavy atom. The molecular formula is C10H19NO3. The summed E-state index contributed by atoms with van der Waals surface area (Å²) in [5.74, 6) is -0.889. The minimum absolute atomic E-state index is 0.117. The molecule has 4 heteroatoms. The average Bonchev–Trinajstić information content (AvgIpc) is 2.30. The largest absolute Gasteiger partial charge is 0.480 e. The van der Waals surface area contributed by atoms with Crippen LogP contribution in [0, 0.1) is 0 Å². The Bertz CT molecular complexity index is 236. The Hall–Kier alpha value is -0.610. The molecule has 2 unspecified atom stereocenters. The Labute approximate surface area is 84.3 Å². The van der Waals surface area contributed by atoms with Crippen LogP contribution in [-0.2, 0) is 4.79 Å².